The third-order valence-corrected chi connectivity index (χ3v) is 7.30. The number of rotatable bonds is 28. The fraction of sp³-hybridized carbons (Fsp3) is 0.909. The molecule has 0 saturated heterocycles. The van der Waals surface area contributed by atoms with Gasteiger partial charge in [0.2, 0.25) is 0 Å². The molecule has 0 aliphatic heterocycles. The van der Waals surface area contributed by atoms with E-state index in [0.29, 0.717) is 13.0 Å². The zero-order valence-corrected chi connectivity index (χ0v) is 25.2. The van der Waals surface area contributed by atoms with E-state index in [-0.39, 0.29) is 5.97 Å². The first-order chi connectivity index (χ1) is 17.6. The molecule has 3 nitrogen and oxygen atoms in total. The van der Waals surface area contributed by atoms with Crippen molar-refractivity contribution in [3.63, 3.8) is 0 Å². The normalized spacial score (nSPS) is 12.6. The fourth-order valence-electron chi connectivity index (χ4n) is 5.17. The maximum absolute atomic E-state index is 11.3. The Balaban J connectivity index is 3.42. The summed E-state index contributed by atoms with van der Waals surface area (Å²) in [6.45, 7) is 5.95. The molecule has 0 heterocycles. The zero-order valence-electron chi connectivity index (χ0n) is 25.2. The van der Waals surface area contributed by atoms with Crippen LogP contribution in [0, 0.1) is 5.92 Å². The molecule has 0 bridgehead atoms. The first kappa shape index (κ1) is 35.2. The predicted octanol–water partition coefficient (Wildman–Crippen LogP) is 10.3. The van der Waals surface area contributed by atoms with E-state index < -0.39 is 0 Å². The molecule has 0 aromatic heterocycles. The van der Waals surface area contributed by atoms with Crippen LogP contribution in [0.25, 0.3) is 0 Å². The third-order valence-electron chi connectivity index (χ3n) is 7.30. The van der Waals surface area contributed by atoms with E-state index in [4.69, 9.17) is 4.74 Å². The molecule has 0 N–H and O–H groups in total. The summed E-state index contributed by atoms with van der Waals surface area (Å²) < 4.78 is 4.96. The van der Waals surface area contributed by atoms with Crippen molar-refractivity contribution < 1.29 is 9.53 Å². The molecule has 0 aliphatic rings. The van der Waals surface area contributed by atoms with Crippen molar-refractivity contribution in [2.24, 2.45) is 5.92 Å². The molecular weight excluding hydrogens is 442 g/mol. The van der Waals surface area contributed by atoms with E-state index in [1.165, 1.54) is 135 Å². The van der Waals surface area contributed by atoms with Crippen LogP contribution >= 0.6 is 0 Å². The van der Waals surface area contributed by atoms with Crippen molar-refractivity contribution >= 4 is 5.97 Å². The number of allylic oxidation sites excluding steroid dienone is 2. The lowest BCUT2D eigenvalue weighted by atomic mass is 9.93. The van der Waals surface area contributed by atoms with E-state index in [0.717, 1.165) is 18.8 Å². The molecule has 0 amide bonds. The van der Waals surface area contributed by atoms with E-state index >= 15 is 0 Å². The van der Waals surface area contributed by atoms with Crippen LogP contribution in [0.2, 0.25) is 0 Å². The van der Waals surface area contributed by atoms with Crippen LogP contribution in [0.3, 0.4) is 0 Å². The molecule has 0 rings (SSSR count). The number of esters is 1. The predicted molar refractivity (Wildman–Crippen MR) is 160 cm³/mol. The molecule has 3 heteroatoms. The van der Waals surface area contributed by atoms with Gasteiger partial charge in [0.05, 0.1) is 6.61 Å². The van der Waals surface area contributed by atoms with Gasteiger partial charge in [-0.2, -0.15) is 0 Å². The summed E-state index contributed by atoms with van der Waals surface area (Å²) >= 11 is 0. The molecule has 0 aromatic carbocycles. The molecule has 0 saturated carbocycles. The lowest BCUT2D eigenvalue weighted by Gasteiger charge is -2.21. The van der Waals surface area contributed by atoms with Crippen molar-refractivity contribution in [2.75, 3.05) is 27.2 Å². The Morgan fingerprint density at radius 2 is 1.08 bits per heavy atom. The Hall–Kier alpha value is -0.830. The topological polar surface area (TPSA) is 29.5 Å². The van der Waals surface area contributed by atoms with Crippen LogP contribution in [0.15, 0.2) is 12.2 Å². The minimum Gasteiger partial charge on any atom is -0.466 e. The number of unbranched alkanes of at least 4 members (excludes halogenated alkanes) is 17. The first-order valence-corrected chi connectivity index (χ1v) is 16.0. The summed E-state index contributed by atoms with van der Waals surface area (Å²) in [5, 5.41) is 0. The van der Waals surface area contributed by atoms with Crippen molar-refractivity contribution in [3.05, 3.63) is 12.2 Å². The molecule has 0 aliphatic carbocycles. The Morgan fingerprint density at radius 1 is 0.639 bits per heavy atom. The number of carbonyl (C=O) groups excluding carboxylic acids is 1. The van der Waals surface area contributed by atoms with Crippen LogP contribution in [-0.4, -0.2) is 38.1 Å². The van der Waals surface area contributed by atoms with Crippen molar-refractivity contribution in [1.82, 2.24) is 4.90 Å². The highest BCUT2D eigenvalue weighted by Crippen LogP contribution is 2.20. The Kier molecular flexibility index (Phi) is 28.1. The van der Waals surface area contributed by atoms with Crippen LogP contribution in [0.1, 0.15) is 162 Å². The van der Waals surface area contributed by atoms with Gasteiger partial charge in [-0.1, -0.05) is 115 Å². The van der Waals surface area contributed by atoms with Gasteiger partial charge in [0.25, 0.3) is 0 Å². The van der Waals surface area contributed by atoms with E-state index in [2.05, 4.69) is 38.1 Å². The zero-order chi connectivity index (χ0) is 26.5. The van der Waals surface area contributed by atoms with E-state index in [9.17, 15) is 4.79 Å². The van der Waals surface area contributed by atoms with Crippen molar-refractivity contribution in [1.29, 1.82) is 0 Å². The Morgan fingerprint density at radius 3 is 1.56 bits per heavy atom. The van der Waals surface area contributed by atoms with Crippen LogP contribution < -0.4 is 0 Å². The van der Waals surface area contributed by atoms with Gasteiger partial charge in [0.1, 0.15) is 0 Å². The average Bonchev–Trinajstić information content (AvgIpc) is 2.85. The fourth-order valence-corrected chi connectivity index (χ4v) is 5.17. The molecule has 0 aromatic rings. The van der Waals surface area contributed by atoms with Gasteiger partial charge in [-0.05, 0) is 71.9 Å². The number of nitrogens with zero attached hydrogens (tertiary/aromatic N) is 1. The summed E-state index contributed by atoms with van der Waals surface area (Å²) in [7, 11) is 4.47. The lowest BCUT2D eigenvalue weighted by molar-refractivity contribution is -0.143. The quantitative estimate of drug-likeness (QED) is 0.0599. The average molecular weight is 508 g/mol. The molecule has 0 spiro atoms. The van der Waals surface area contributed by atoms with Crippen LogP contribution in [0.5, 0.6) is 0 Å². The molecule has 1 atom stereocenters. The molecule has 0 fully saturated rings. The van der Waals surface area contributed by atoms with Gasteiger partial charge in [0.15, 0.2) is 0 Å². The van der Waals surface area contributed by atoms with Gasteiger partial charge in [-0.3, -0.25) is 4.79 Å². The van der Waals surface area contributed by atoms with E-state index in [1.807, 2.05) is 6.92 Å². The lowest BCUT2D eigenvalue weighted by Crippen LogP contribution is -2.21. The Labute approximate surface area is 227 Å². The number of ether oxygens (including phenoxy) is 1. The highest BCUT2D eigenvalue weighted by molar-refractivity contribution is 5.69. The van der Waals surface area contributed by atoms with Gasteiger partial charge in [-0.25, -0.2) is 0 Å². The summed E-state index contributed by atoms with van der Waals surface area (Å²) in [6.07, 6.45) is 35.1. The SMILES string of the molecule is CCCCCCCC(CCCCCCCCCCC=CCCCCCCCC(=O)OCC)CN(C)C. The first-order valence-electron chi connectivity index (χ1n) is 16.0. The smallest absolute Gasteiger partial charge is 0.305 e. The highest BCUT2D eigenvalue weighted by atomic mass is 16.5. The minimum absolute atomic E-state index is 0.0385. The molecule has 214 valence electrons. The summed E-state index contributed by atoms with van der Waals surface area (Å²) in [6, 6.07) is 0. The van der Waals surface area contributed by atoms with Crippen LogP contribution in [-0.2, 0) is 9.53 Å². The van der Waals surface area contributed by atoms with Gasteiger partial charge < -0.3 is 9.64 Å². The minimum atomic E-state index is -0.0385. The maximum Gasteiger partial charge on any atom is 0.305 e. The maximum atomic E-state index is 11.3. The monoisotopic (exact) mass is 508 g/mol. The standard InChI is InChI=1S/C33H65NO2/c1-5-7-8-22-25-28-32(31-34(3)4)29-26-23-20-18-16-14-12-10-9-11-13-15-17-19-21-24-27-30-33(35)36-6-2/h11,13,32H,5-10,12,14-31H2,1-4H3. The summed E-state index contributed by atoms with van der Waals surface area (Å²) in [5.41, 5.74) is 0. The third kappa shape index (κ3) is 27.8. The number of hydrogen-bond donors (Lipinski definition) is 0. The van der Waals surface area contributed by atoms with Gasteiger partial charge >= 0.3 is 5.97 Å². The highest BCUT2D eigenvalue weighted by Gasteiger charge is 2.09. The largest absolute Gasteiger partial charge is 0.466 e. The second-order valence-electron chi connectivity index (χ2n) is 11.3. The molecule has 0 radical (unpaired) electrons. The Bertz CT molecular complexity index is 474. The second-order valence-corrected chi connectivity index (χ2v) is 11.3. The number of hydrogen-bond acceptors (Lipinski definition) is 3. The van der Waals surface area contributed by atoms with Crippen LogP contribution in [0.4, 0.5) is 0 Å². The molecule has 1 unspecified atom stereocenters. The van der Waals surface area contributed by atoms with Gasteiger partial charge in [0, 0.05) is 13.0 Å². The second kappa shape index (κ2) is 28.7. The summed E-state index contributed by atoms with van der Waals surface area (Å²) in [5.74, 6) is 0.876. The molecular formula is C33H65NO2. The number of carbonyl (C=O) groups is 1. The molecule has 36 heavy (non-hydrogen) atoms. The van der Waals surface area contributed by atoms with Crippen molar-refractivity contribution in [2.45, 2.75) is 162 Å². The van der Waals surface area contributed by atoms with Gasteiger partial charge in [-0.15, -0.1) is 0 Å². The van der Waals surface area contributed by atoms with Crippen molar-refractivity contribution in [3.8, 4) is 0 Å². The van der Waals surface area contributed by atoms with E-state index in [1.54, 1.807) is 0 Å². The summed E-state index contributed by atoms with van der Waals surface area (Å²) in [4.78, 5) is 13.7.